The molecule has 164 valence electrons. The summed E-state index contributed by atoms with van der Waals surface area (Å²) >= 11 is 0. The Kier molecular flexibility index (Phi) is 5.58. The number of anilines is 1. The van der Waals surface area contributed by atoms with Gasteiger partial charge in [0.15, 0.2) is 17.3 Å². The van der Waals surface area contributed by atoms with Crippen molar-refractivity contribution >= 4 is 11.7 Å². The lowest BCUT2D eigenvalue weighted by Gasteiger charge is -2.31. The molecule has 1 amide bonds. The van der Waals surface area contributed by atoms with Gasteiger partial charge in [0.05, 0.1) is 5.69 Å². The van der Waals surface area contributed by atoms with Crippen LogP contribution in [0.1, 0.15) is 18.4 Å². The van der Waals surface area contributed by atoms with E-state index in [0.29, 0.717) is 17.8 Å². The van der Waals surface area contributed by atoms with Gasteiger partial charge in [0.1, 0.15) is 5.82 Å². The van der Waals surface area contributed by atoms with E-state index in [4.69, 9.17) is 9.47 Å². The number of piperidine rings is 1. The molecule has 0 aliphatic carbocycles. The summed E-state index contributed by atoms with van der Waals surface area (Å²) in [6.45, 7) is 2.16. The zero-order valence-electron chi connectivity index (χ0n) is 17.5. The molecule has 1 saturated heterocycles. The second-order valence-corrected chi connectivity index (χ2v) is 7.95. The molecule has 3 heterocycles. The third kappa shape index (κ3) is 4.34. The second kappa shape index (κ2) is 8.82. The number of carbonyl (C=O) groups is 1. The number of fused-ring (bicyclic) bond motifs is 1. The average molecular weight is 434 g/mol. The fourth-order valence-electron chi connectivity index (χ4n) is 4.05. The molecule has 0 spiro atoms. The lowest BCUT2D eigenvalue weighted by atomic mass is 9.96. The van der Waals surface area contributed by atoms with Gasteiger partial charge in [0.25, 0.3) is 0 Å². The van der Waals surface area contributed by atoms with Crippen LogP contribution < -0.4 is 19.7 Å². The van der Waals surface area contributed by atoms with Gasteiger partial charge in [-0.25, -0.2) is 4.39 Å². The molecule has 2 aliphatic heterocycles. The fourth-order valence-corrected chi connectivity index (χ4v) is 4.05. The van der Waals surface area contributed by atoms with Gasteiger partial charge in [-0.3, -0.25) is 4.79 Å². The topological polar surface area (TPSA) is 76.6 Å². The van der Waals surface area contributed by atoms with E-state index in [9.17, 15) is 9.18 Å². The first kappa shape index (κ1) is 20.2. The Labute approximate surface area is 185 Å². The summed E-state index contributed by atoms with van der Waals surface area (Å²) in [7, 11) is 0. The lowest BCUT2D eigenvalue weighted by molar-refractivity contribution is -0.125. The van der Waals surface area contributed by atoms with Crippen LogP contribution in [0.4, 0.5) is 10.2 Å². The normalized spacial score (nSPS) is 15.6. The van der Waals surface area contributed by atoms with E-state index in [2.05, 4.69) is 20.4 Å². The molecule has 1 aromatic heterocycles. The first-order chi connectivity index (χ1) is 15.7. The van der Waals surface area contributed by atoms with Crippen molar-refractivity contribution in [1.82, 2.24) is 15.5 Å². The van der Waals surface area contributed by atoms with E-state index >= 15 is 0 Å². The van der Waals surface area contributed by atoms with Gasteiger partial charge in [-0.2, -0.15) is 0 Å². The number of carbonyl (C=O) groups excluding carboxylic acids is 1. The molecule has 7 nitrogen and oxygen atoms in total. The van der Waals surface area contributed by atoms with Gasteiger partial charge in [-0.15, -0.1) is 10.2 Å². The zero-order valence-corrected chi connectivity index (χ0v) is 17.5. The van der Waals surface area contributed by atoms with Gasteiger partial charge in [-0.1, -0.05) is 18.2 Å². The molecular formula is C24H23FN4O3. The van der Waals surface area contributed by atoms with Crippen molar-refractivity contribution in [3.05, 3.63) is 66.0 Å². The van der Waals surface area contributed by atoms with E-state index in [1.54, 1.807) is 12.1 Å². The van der Waals surface area contributed by atoms with Crippen LogP contribution in [0.25, 0.3) is 11.3 Å². The number of nitrogens with one attached hydrogen (secondary N) is 1. The first-order valence-corrected chi connectivity index (χ1v) is 10.7. The average Bonchev–Trinajstić information content (AvgIpc) is 3.31. The predicted molar refractivity (Wildman–Crippen MR) is 117 cm³/mol. The van der Waals surface area contributed by atoms with Crippen LogP contribution in [0.2, 0.25) is 0 Å². The summed E-state index contributed by atoms with van der Waals surface area (Å²) in [4.78, 5) is 14.8. The maximum atomic E-state index is 13.4. The molecule has 0 unspecified atom stereocenters. The zero-order chi connectivity index (χ0) is 21.9. The highest BCUT2D eigenvalue weighted by Crippen LogP contribution is 2.32. The number of ether oxygens (including phenoxy) is 2. The number of hydrogen-bond acceptors (Lipinski definition) is 6. The van der Waals surface area contributed by atoms with Crippen molar-refractivity contribution < 1.29 is 18.7 Å². The standard InChI is InChI=1S/C24H23FN4O3/c25-19-3-1-2-18(13-19)20-5-7-23(28-27-20)29-10-8-17(9-11-29)24(30)26-14-16-4-6-21-22(12-16)32-15-31-21/h1-7,12-13,17H,8-11,14-15H2,(H,26,30). The van der Waals surface area contributed by atoms with E-state index < -0.39 is 0 Å². The predicted octanol–water partition coefficient (Wildman–Crippen LogP) is 3.54. The SMILES string of the molecule is O=C(NCc1ccc2c(c1)OCO2)C1CCN(c2ccc(-c3cccc(F)c3)nn2)CC1. The quantitative estimate of drug-likeness (QED) is 0.662. The van der Waals surface area contributed by atoms with Crippen molar-refractivity contribution in [3.63, 3.8) is 0 Å². The van der Waals surface area contributed by atoms with Crippen LogP contribution in [0.5, 0.6) is 11.5 Å². The van der Waals surface area contributed by atoms with Crippen molar-refractivity contribution in [1.29, 1.82) is 0 Å². The number of nitrogens with zero attached hydrogens (tertiary/aromatic N) is 3. The van der Waals surface area contributed by atoms with Crippen LogP contribution in [-0.4, -0.2) is 36.0 Å². The summed E-state index contributed by atoms with van der Waals surface area (Å²) in [5, 5.41) is 11.6. The highest BCUT2D eigenvalue weighted by atomic mass is 19.1. The Morgan fingerprint density at radius 2 is 1.88 bits per heavy atom. The molecule has 0 saturated carbocycles. The van der Waals surface area contributed by atoms with E-state index in [0.717, 1.165) is 48.8 Å². The molecule has 8 heteroatoms. The Morgan fingerprint density at radius 1 is 1.03 bits per heavy atom. The fraction of sp³-hybridized carbons (Fsp3) is 0.292. The lowest BCUT2D eigenvalue weighted by Crippen LogP contribution is -2.40. The van der Waals surface area contributed by atoms with Gasteiger partial charge >= 0.3 is 0 Å². The summed E-state index contributed by atoms with van der Waals surface area (Å²) in [5.74, 6) is 1.96. The molecular weight excluding hydrogens is 411 g/mol. The molecule has 0 atom stereocenters. The molecule has 0 bridgehead atoms. The minimum atomic E-state index is -0.299. The molecule has 3 aromatic rings. The van der Waals surface area contributed by atoms with Crippen molar-refractivity contribution in [2.75, 3.05) is 24.8 Å². The molecule has 0 radical (unpaired) electrons. The number of rotatable bonds is 5. The Bertz CT molecular complexity index is 1110. The Balaban J connectivity index is 1.13. The number of halogens is 1. The van der Waals surface area contributed by atoms with Crippen molar-refractivity contribution in [2.45, 2.75) is 19.4 Å². The highest BCUT2D eigenvalue weighted by Gasteiger charge is 2.26. The minimum absolute atomic E-state index is 0.0280. The number of aromatic nitrogens is 2. The summed E-state index contributed by atoms with van der Waals surface area (Å²) in [6, 6.07) is 15.7. The smallest absolute Gasteiger partial charge is 0.231 e. The highest BCUT2D eigenvalue weighted by molar-refractivity contribution is 5.79. The summed E-state index contributed by atoms with van der Waals surface area (Å²) < 4.78 is 24.1. The maximum absolute atomic E-state index is 13.4. The molecule has 1 fully saturated rings. The third-order valence-electron chi connectivity index (χ3n) is 5.86. The van der Waals surface area contributed by atoms with Crippen molar-refractivity contribution in [3.8, 4) is 22.8 Å². The van der Waals surface area contributed by atoms with Crippen LogP contribution in [0.15, 0.2) is 54.6 Å². The first-order valence-electron chi connectivity index (χ1n) is 10.7. The Morgan fingerprint density at radius 3 is 2.66 bits per heavy atom. The number of hydrogen-bond donors (Lipinski definition) is 1. The molecule has 2 aromatic carbocycles. The van der Waals surface area contributed by atoms with E-state index in [1.165, 1.54) is 12.1 Å². The maximum Gasteiger partial charge on any atom is 0.231 e. The van der Waals surface area contributed by atoms with Crippen molar-refractivity contribution in [2.24, 2.45) is 5.92 Å². The number of amides is 1. The van der Waals surface area contributed by atoms with Gasteiger partial charge < -0.3 is 19.7 Å². The number of benzene rings is 2. The minimum Gasteiger partial charge on any atom is -0.454 e. The summed E-state index contributed by atoms with van der Waals surface area (Å²) in [5.41, 5.74) is 2.31. The van der Waals surface area contributed by atoms with E-state index in [1.807, 2.05) is 30.3 Å². The second-order valence-electron chi connectivity index (χ2n) is 7.95. The monoisotopic (exact) mass is 434 g/mol. The van der Waals surface area contributed by atoms with Gasteiger partial charge in [0.2, 0.25) is 12.7 Å². The van der Waals surface area contributed by atoms with Crippen LogP contribution in [0.3, 0.4) is 0 Å². The van der Waals surface area contributed by atoms with Crippen LogP contribution in [0, 0.1) is 11.7 Å². The van der Waals surface area contributed by atoms with Crippen LogP contribution >= 0.6 is 0 Å². The molecule has 2 aliphatic rings. The van der Waals surface area contributed by atoms with Gasteiger partial charge in [0, 0.05) is 31.1 Å². The largest absolute Gasteiger partial charge is 0.454 e. The summed E-state index contributed by atoms with van der Waals surface area (Å²) in [6.07, 6.45) is 1.50. The molecule has 32 heavy (non-hydrogen) atoms. The van der Waals surface area contributed by atoms with Crippen LogP contribution in [-0.2, 0) is 11.3 Å². The third-order valence-corrected chi connectivity index (χ3v) is 5.86. The van der Waals surface area contributed by atoms with Gasteiger partial charge in [-0.05, 0) is 54.8 Å². The van der Waals surface area contributed by atoms with E-state index in [-0.39, 0.29) is 24.4 Å². The molecule has 5 rings (SSSR count). The molecule has 1 N–H and O–H groups in total. The Hall–Kier alpha value is -3.68.